The Bertz CT molecular complexity index is 389. The molecule has 1 aliphatic rings. The Morgan fingerprint density at radius 2 is 2.14 bits per heavy atom. The fraction of sp³-hybridized carbons (Fsp3) is 0.300. The lowest BCUT2D eigenvalue weighted by atomic mass is 10.0. The number of fused-ring (bicyclic) bond motifs is 1. The third-order valence-corrected chi connectivity index (χ3v) is 2.78. The minimum atomic E-state index is -0.898. The second-order valence-corrected chi connectivity index (χ2v) is 3.85. The van der Waals surface area contributed by atoms with Gasteiger partial charge in [-0.15, -0.1) is 0 Å². The van der Waals surface area contributed by atoms with E-state index in [0.717, 1.165) is 0 Å². The Labute approximate surface area is 85.9 Å². The third-order valence-electron chi connectivity index (χ3n) is 2.54. The van der Waals surface area contributed by atoms with Crippen LogP contribution in [0.15, 0.2) is 18.2 Å². The summed E-state index contributed by atoms with van der Waals surface area (Å²) in [7, 11) is 0. The molecule has 1 aromatic rings. The number of benzene rings is 1. The molecular weight excluding hydrogens is 204 g/mol. The van der Waals surface area contributed by atoms with Gasteiger partial charge in [0.2, 0.25) is 0 Å². The third kappa shape index (κ3) is 1.38. The molecule has 0 heterocycles. The van der Waals surface area contributed by atoms with Crippen molar-refractivity contribution < 1.29 is 15.0 Å². The van der Waals surface area contributed by atoms with Crippen molar-refractivity contribution in [2.75, 3.05) is 0 Å². The van der Waals surface area contributed by atoms with E-state index in [1.165, 1.54) is 0 Å². The highest BCUT2D eigenvalue weighted by Gasteiger charge is 2.34. The highest BCUT2D eigenvalue weighted by molar-refractivity contribution is 6.30. The largest absolute Gasteiger partial charge is 0.481 e. The number of carboxylic acid groups (broad SMARTS) is 1. The van der Waals surface area contributed by atoms with Crippen LogP contribution in [0.25, 0.3) is 0 Å². The van der Waals surface area contributed by atoms with E-state index < -0.39 is 18.0 Å². The second kappa shape index (κ2) is 3.26. The van der Waals surface area contributed by atoms with Gasteiger partial charge in [-0.25, -0.2) is 0 Å². The van der Waals surface area contributed by atoms with E-state index in [-0.39, 0.29) is 6.42 Å². The highest BCUT2D eigenvalue weighted by atomic mass is 35.5. The first kappa shape index (κ1) is 9.49. The number of aliphatic hydroxyl groups is 1. The van der Waals surface area contributed by atoms with Gasteiger partial charge in [-0.1, -0.05) is 17.7 Å². The molecular formula is C10H9ClO3. The summed E-state index contributed by atoms with van der Waals surface area (Å²) in [5.74, 6) is -1.50. The van der Waals surface area contributed by atoms with E-state index in [1.807, 2.05) is 0 Å². The van der Waals surface area contributed by atoms with Gasteiger partial charge in [0.25, 0.3) is 0 Å². The Morgan fingerprint density at radius 1 is 1.43 bits per heavy atom. The van der Waals surface area contributed by atoms with Crippen molar-refractivity contribution in [3.63, 3.8) is 0 Å². The molecule has 2 unspecified atom stereocenters. The molecule has 2 rings (SSSR count). The van der Waals surface area contributed by atoms with Gasteiger partial charge in [-0.2, -0.15) is 0 Å². The lowest BCUT2D eigenvalue weighted by Crippen LogP contribution is -2.07. The molecule has 2 atom stereocenters. The first-order chi connectivity index (χ1) is 6.59. The molecule has 1 aromatic carbocycles. The van der Waals surface area contributed by atoms with E-state index in [1.54, 1.807) is 18.2 Å². The molecule has 3 nitrogen and oxygen atoms in total. The molecule has 0 saturated heterocycles. The minimum Gasteiger partial charge on any atom is -0.481 e. The standard InChI is InChI=1S/C10H9ClO3/c11-5-1-2-6-7(3-5)9(12)4-8(6)10(13)14/h1-3,8-9,12H,4H2,(H,13,14). The molecule has 14 heavy (non-hydrogen) atoms. The summed E-state index contributed by atoms with van der Waals surface area (Å²) < 4.78 is 0. The van der Waals surface area contributed by atoms with Crippen LogP contribution in [0.1, 0.15) is 29.6 Å². The van der Waals surface area contributed by atoms with E-state index in [2.05, 4.69) is 0 Å². The quantitative estimate of drug-likeness (QED) is 0.748. The van der Waals surface area contributed by atoms with Gasteiger partial charge in [-0.3, -0.25) is 4.79 Å². The van der Waals surface area contributed by atoms with Gasteiger partial charge in [0.1, 0.15) is 0 Å². The van der Waals surface area contributed by atoms with Crippen molar-refractivity contribution in [3.8, 4) is 0 Å². The summed E-state index contributed by atoms with van der Waals surface area (Å²) in [6.07, 6.45) is -0.463. The van der Waals surface area contributed by atoms with Crippen molar-refractivity contribution in [1.82, 2.24) is 0 Å². The first-order valence-electron chi connectivity index (χ1n) is 4.30. The van der Waals surface area contributed by atoms with Crippen molar-refractivity contribution in [2.24, 2.45) is 0 Å². The van der Waals surface area contributed by atoms with Gasteiger partial charge in [-0.05, 0) is 29.7 Å². The van der Waals surface area contributed by atoms with Gasteiger partial charge in [0.15, 0.2) is 0 Å². The number of halogens is 1. The molecule has 0 saturated carbocycles. The second-order valence-electron chi connectivity index (χ2n) is 3.42. The average molecular weight is 213 g/mol. The maximum Gasteiger partial charge on any atom is 0.311 e. The van der Waals surface area contributed by atoms with Crippen molar-refractivity contribution >= 4 is 17.6 Å². The van der Waals surface area contributed by atoms with Crippen LogP contribution in [0, 0.1) is 0 Å². The van der Waals surface area contributed by atoms with E-state index >= 15 is 0 Å². The maximum atomic E-state index is 10.9. The van der Waals surface area contributed by atoms with Crippen LogP contribution in [-0.2, 0) is 4.79 Å². The van der Waals surface area contributed by atoms with Crippen LogP contribution in [-0.4, -0.2) is 16.2 Å². The Balaban J connectivity index is 2.49. The topological polar surface area (TPSA) is 57.5 Å². The molecule has 2 N–H and O–H groups in total. The number of carboxylic acids is 1. The zero-order valence-corrected chi connectivity index (χ0v) is 8.03. The molecule has 0 spiro atoms. The molecule has 0 aliphatic heterocycles. The van der Waals surface area contributed by atoms with Crippen LogP contribution in [0.2, 0.25) is 5.02 Å². The van der Waals surface area contributed by atoms with Gasteiger partial charge in [0.05, 0.1) is 12.0 Å². The molecule has 0 amide bonds. The van der Waals surface area contributed by atoms with Crippen LogP contribution in [0.4, 0.5) is 0 Å². The lowest BCUT2D eigenvalue weighted by molar-refractivity contribution is -0.139. The summed E-state index contributed by atoms with van der Waals surface area (Å²) in [6, 6.07) is 4.95. The van der Waals surface area contributed by atoms with Crippen LogP contribution >= 0.6 is 11.6 Å². The number of rotatable bonds is 1. The molecule has 0 aromatic heterocycles. The van der Waals surface area contributed by atoms with Crippen LogP contribution in [0.3, 0.4) is 0 Å². The summed E-state index contributed by atoms with van der Waals surface area (Å²) in [5.41, 5.74) is 1.32. The normalized spacial score (nSPS) is 24.7. The summed E-state index contributed by atoms with van der Waals surface area (Å²) in [4.78, 5) is 10.9. The summed E-state index contributed by atoms with van der Waals surface area (Å²) >= 11 is 5.76. The molecule has 1 aliphatic carbocycles. The molecule has 0 fully saturated rings. The monoisotopic (exact) mass is 212 g/mol. The smallest absolute Gasteiger partial charge is 0.311 e. The van der Waals surface area contributed by atoms with Crippen LogP contribution in [0.5, 0.6) is 0 Å². The SMILES string of the molecule is O=C(O)C1CC(O)c2cc(Cl)ccc21. The Kier molecular flexibility index (Phi) is 2.21. The van der Waals surface area contributed by atoms with E-state index in [0.29, 0.717) is 16.1 Å². The highest BCUT2D eigenvalue weighted by Crippen LogP contribution is 2.41. The molecule has 0 bridgehead atoms. The fourth-order valence-electron chi connectivity index (χ4n) is 1.86. The molecule has 0 radical (unpaired) electrons. The predicted molar refractivity (Wildman–Crippen MR) is 51.4 cm³/mol. The Hall–Kier alpha value is -1.06. The van der Waals surface area contributed by atoms with Crippen molar-refractivity contribution in [2.45, 2.75) is 18.4 Å². The number of aliphatic carboxylic acids is 1. The lowest BCUT2D eigenvalue weighted by Gasteiger charge is -2.04. The molecule has 4 heteroatoms. The maximum absolute atomic E-state index is 10.9. The number of hydrogen-bond donors (Lipinski definition) is 2. The Morgan fingerprint density at radius 3 is 2.79 bits per heavy atom. The average Bonchev–Trinajstić information content (AvgIpc) is 2.44. The summed E-state index contributed by atoms with van der Waals surface area (Å²) in [6.45, 7) is 0. The van der Waals surface area contributed by atoms with E-state index in [4.69, 9.17) is 16.7 Å². The van der Waals surface area contributed by atoms with Crippen molar-refractivity contribution in [1.29, 1.82) is 0 Å². The minimum absolute atomic E-state index is 0.241. The fourth-order valence-corrected chi connectivity index (χ4v) is 2.04. The van der Waals surface area contributed by atoms with Gasteiger partial charge < -0.3 is 10.2 Å². The number of hydrogen-bond acceptors (Lipinski definition) is 2. The molecule has 74 valence electrons. The zero-order valence-electron chi connectivity index (χ0n) is 7.27. The van der Waals surface area contributed by atoms with Crippen molar-refractivity contribution in [3.05, 3.63) is 34.3 Å². The predicted octanol–water partition coefficient (Wildman–Crippen LogP) is 1.95. The van der Waals surface area contributed by atoms with Gasteiger partial charge in [0, 0.05) is 5.02 Å². The number of carbonyl (C=O) groups is 1. The zero-order chi connectivity index (χ0) is 10.3. The summed E-state index contributed by atoms with van der Waals surface area (Å²) in [5, 5.41) is 19.0. The van der Waals surface area contributed by atoms with E-state index in [9.17, 15) is 9.90 Å². The van der Waals surface area contributed by atoms with Crippen LogP contribution < -0.4 is 0 Å². The van der Waals surface area contributed by atoms with Gasteiger partial charge >= 0.3 is 5.97 Å². The first-order valence-corrected chi connectivity index (χ1v) is 4.67. The number of aliphatic hydroxyl groups excluding tert-OH is 1.